The van der Waals surface area contributed by atoms with E-state index >= 15 is 0 Å². The van der Waals surface area contributed by atoms with E-state index in [9.17, 15) is 9.59 Å². The Balaban J connectivity index is 3.10. The Bertz CT molecular complexity index is 297. The zero-order valence-corrected chi connectivity index (χ0v) is 6.60. The van der Waals surface area contributed by atoms with Gasteiger partial charge in [-0.25, -0.2) is 0 Å². The van der Waals surface area contributed by atoms with Crippen LogP contribution in [-0.4, -0.2) is 22.4 Å². The van der Waals surface area contributed by atoms with Gasteiger partial charge in [0, 0.05) is 6.20 Å². The molecule has 0 radical (unpaired) electrons. The lowest BCUT2D eigenvalue weighted by Crippen LogP contribution is -2.33. The molecule has 2 N–H and O–H groups in total. The standard InChI is InChI=1S/C7H9N3O2/c1-7(4-11,5-12)10-3-6(8)2-9-10/h2-5H,8H2,1H3. The van der Waals surface area contributed by atoms with Crippen LogP contribution >= 0.6 is 0 Å². The summed E-state index contributed by atoms with van der Waals surface area (Å²) >= 11 is 0. The van der Waals surface area contributed by atoms with Crippen LogP contribution in [0.5, 0.6) is 0 Å². The van der Waals surface area contributed by atoms with Crippen molar-refractivity contribution in [2.24, 2.45) is 0 Å². The largest absolute Gasteiger partial charge is 0.396 e. The van der Waals surface area contributed by atoms with E-state index in [2.05, 4.69) is 5.10 Å². The number of aldehydes is 2. The maximum atomic E-state index is 10.5. The highest BCUT2D eigenvalue weighted by Crippen LogP contribution is 2.10. The second kappa shape index (κ2) is 2.77. The Morgan fingerprint density at radius 3 is 2.50 bits per heavy atom. The summed E-state index contributed by atoms with van der Waals surface area (Å²) in [6, 6.07) is 0. The van der Waals surface area contributed by atoms with Crippen LogP contribution in [0.1, 0.15) is 6.92 Å². The van der Waals surface area contributed by atoms with Crippen molar-refractivity contribution in [3.63, 3.8) is 0 Å². The van der Waals surface area contributed by atoms with Gasteiger partial charge in [0.15, 0.2) is 18.1 Å². The molecule has 0 saturated carbocycles. The van der Waals surface area contributed by atoms with E-state index in [1.807, 2.05) is 0 Å². The fourth-order valence-corrected chi connectivity index (χ4v) is 0.736. The van der Waals surface area contributed by atoms with Crippen LogP contribution in [0.25, 0.3) is 0 Å². The molecule has 0 aliphatic heterocycles. The summed E-state index contributed by atoms with van der Waals surface area (Å²) in [6.45, 7) is 1.46. The molecule has 0 saturated heterocycles. The minimum absolute atomic E-state index is 0.421. The predicted molar refractivity (Wildman–Crippen MR) is 42.4 cm³/mol. The zero-order valence-electron chi connectivity index (χ0n) is 6.60. The first-order valence-electron chi connectivity index (χ1n) is 3.35. The van der Waals surface area contributed by atoms with Crippen LogP contribution < -0.4 is 5.73 Å². The summed E-state index contributed by atoms with van der Waals surface area (Å²) in [7, 11) is 0. The van der Waals surface area contributed by atoms with Crippen LogP contribution in [0.4, 0.5) is 5.69 Å². The van der Waals surface area contributed by atoms with Gasteiger partial charge in [0.25, 0.3) is 0 Å². The summed E-state index contributed by atoms with van der Waals surface area (Å²) in [4.78, 5) is 21.1. The van der Waals surface area contributed by atoms with Crippen LogP contribution in [0, 0.1) is 0 Å². The number of nitrogen functional groups attached to an aromatic ring is 1. The highest BCUT2D eigenvalue weighted by atomic mass is 16.1. The molecule has 64 valence electrons. The topological polar surface area (TPSA) is 78.0 Å². The van der Waals surface area contributed by atoms with Gasteiger partial charge >= 0.3 is 0 Å². The number of hydrogen-bond acceptors (Lipinski definition) is 4. The molecule has 5 nitrogen and oxygen atoms in total. The van der Waals surface area contributed by atoms with Crippen LogP contribution in [0.2, 0.25) is 0 Å². The van der Waals surface area contributed by atoms with E-state index in [0.717, 1.165) is 0 Å². The van der Waals surface area contributed by atoms with Crippen molar-refractivity contribution < 1.29 is 9.59 Å². The molecule has 1 aromatic heterocycles. The van der Waals surface area contributed by atoms with Gasteiger partial charge in [-0.05, 0) is 6.92 Å². The molecule has 1 aromatic rings. The summed E-state index contributed by atoms with van der Waals surface area (Å²) < 4.78 is 1.22. The second-order valence-electron chi connectivity index (χ2n) is 2.68. The average Bonchev–Trinajstić information content (AvgIpc) is 2.51. The molecular weight excluding hydrogens is 158 g/mol. The molecule has 1 heterocycles. The van der Waals surface area contributed by atoms with Crippen molar-refractivity contribution in [2.75, 3.05) is 5.73 Å². The minimum atomic E-state index is -1.24. The molecule has 0 atom stereocenters. The number of carbonyl (C=O) groups is 2. The maximum Gasteiger partial charge on any atom is 0.170 e. The van der Waals surface area contributed by atoms with Gasteiger partial charge in [0.05, 0.1) is 11.9 Å². The molecule has 0 amide bonds. The van der Waals surface area contributed by atoms with Crippen molar-refractivity contribution in [1.82, 2.24) is 9.78 Å². The van der Waals surface area contributed by atoms with Gasteiger partial charge in [0.1, 0.15) is 0 Å². The maximum absolute atomic E-state index is 10.5. The molecule has 0 unspecified atom stereocenters. The molecule has 5 heteroatoms. The number of aromatic nitrogens is 2. The fourth-order valence-electron chi connectivity index (χ4n) is 0.736. The summed E-state index contributed by atoms with van der Waals surface area (Å²) in [5, 5.41) is 3.76. The predicted octanol–water partition coefficient (Wildman–Crippen LogP) is -0.422. The van der Waals surface area contributed by atoms with E-state index < -0.39 is 5.54 Å². The minimum Gasteiger partial charge on any atom is -0.396 e. The molecule has 0 fully saturated rings. The smallest absolute Gasteiger partial charge is 0.170 e. The number of anilines is 1. The van der Waals surface area contributed by atoms with E-state index in [-0.39, 0.29) is 0 Å². The number of nitrogens with two attached hydrogens (primary N) is 1. The lowest BCUT2D eigenvalue weighted by molar-refractivity contribution is -0.124. The summed E-state index contributed by atoms with van der Waals surface area (Å²) in [6.07, 6.45) is 3.85. The van der Waals surface area contributed by atoms with Crippen LogP contribution in [-0.2, 0) is 15.1 Å². The van der Waals surface area contributed by atoms with Gasteiger partial charge < -0.3 is 15.3 Å². The third kappa shape index (κ3) is 1.20. The third-order valence-corrected chi connectivity index (χ3v) is 1.57. The highest BCUT2D eigenvalue weighted by Gasteiger charge is 2.25. The Labute approximate surface area is 69.2 Å². The number of nitrogens with zero attached hydrogens (tertiary/aromatic N) is 2. The monoisotopic (exact) mass is 167 g/mol. The quantitative estimate of drug-likeness (QED) is 0.489. The Kier molecular flexibility index (Phi) is 1.95. The van der Waals surface area contributed by atoms with Gasteiger partial charge in [-0.3, -0.25) is 4.68 Å². The molecule has 0 aromatic carbocycles. The summed E-state index contributed by atoms with van der Waals surface area (Å²) in [5.74, 6) is 0. The number of hydrogen-bond donors (Lipinski definition) is 1. The third-order valence-electron chi connectivity index (χ3n) is 1.57. The highest BCUT2D eigenvalue weighted by molar-refractivity contribution is 5.85. The van der Waals surface area contributed by atoms with E-state index in [4.69, 9.17) is 5.73 Å². The lowest BCUT2D eigenvalue weighted by Gasteiger charge is -2.14. The van der Waals surface area contributed by atoms with E-state index in [1.54, 1.807) is 0 Å². The van der Waals surface area contributed by atoms with Crippen molar-refractivity contribution in [1.29, 1.82) is 0 Å². The fraction of sp³-hybridized carbons (Fsp3) is 0.286. The van der Waals surface area contributed by atoms with Gasteiger partial charge in [-0.2, -0.15) is 5.10 Å². The average molecular weight is 167 g/mol. The number of carbonyl (C=O) groups excluding carboxylic acids is 2. The normalized spacial score (nSPS) is 11.1. The van der Waals surface area contributed by atoms with Gasteiger partial charge in [0.2, 0.25) is 0 Å². The van der Waals surface area contributed by atoms with E-state index in [1.165, 1.54) is 24.0 Å². The molecule has 0 aliphatic rings. The van der Waals surface area contributed by atoms with Gasteiger partial charge in [-0.15, -0.1) is 0 Å². The van der Waals surface area contributed by atoms with Crippen molar-refractivity contribution in [3.8, 4) is 0 Å². The first-order chi connectivity index (χ1) is 5.62. The van der Waals surface area contributed by atoms with Crippen molar-refractivity contribution in [2.45, 2.75) is 12.5 Å². The number of rotatable bonds is 3. The Hall–Kier alpha value is -1.65. The first-order valence-corrected chi connectivity index (χ1v) is 3.35. The second-order valence-corrected chi connectivity index (χ2v) is 2.68. The lowest BCUT2D eigenvalue weighted by atomic mass is 10.1. The van der Waals surface area contributed by atoms with Gasteiger partial charge in [-0.1, -0.05) is 0 Å². The van der Waals surface area contributed by atoms with Crippen molar-refractivity contribution in [3.05, 3.63) is 12.4 Å². The van der Waals surface area contributed by atoms with Crippen LogP contribution in [0.15, 0.2) is 12.4 Å². The van der Waals surface area contributed by atoms with E-state index in [0.29, 0.717) is 18.3 Å². The SMILES string of the molecule is CC(C=O)(C=O)n1cc(N)cn1. The summed E-state index contributed by atoms with van der Waals surface area (Å²) in [5.41, 5.74) is 4.55. The molecule has 1 rings (SSSR count). The zero-order chi connectivity index (χ0) is 9.19. The Morgan fingerprint density at radius 2 is 2.17 bits per heavy atom. The first kappa shape index (κ1) is 8.45. The molecule has 0 spiro atoms. The van der Waals surface area contributed by atoms with Crippen LogP contribution in [0.3, 0.4) is 0 Å². The Morgan fingerprint density at radius 1 is 1.58 bits per heavy atom. The molecule has 12 heavy (non-hydrogen) atoms. The van der Waals surface area contributed by atoms with Crippen molar-refractivity contribution >= 4 is 18.3 Å². The molecule has 0 aliphatic carbocycles. The molecule has 0 bridgehead atoms. The molecular formula is C7H9N3O2.